The van der Waals surface area contributed by atoms with E-state index < -0.39 is 0 Å². The molecule has 3 heteroatoms. The summed E-state index contributed by atoms with van der Waals surface area (Å²) in [5.41, 5.74) is 0. The van der Waals surface area contributed by atoms with Crippen molar-refractivity contribution in [3.63, 3.8) is 0 Å². The summed E-state index contributed by atoms with van der Waals surface area (Å²) in [4.78, 5) is 1.28. The summed E-state index contributed by atoms with van der Waals surface area (Å²) < 4.78 is 5.80. The van der Waals surface area contributed by atoms with Crippen molar-refractivity contribution < 1.29 is 4.74 Å². The van der Waals surface area contributed by atoms with Crippen LogP contribution < -0.4 is 10.1 Å². The molecule has 1 aromatic carbocycles. The van der Waals surface area contributed by atoms with E-state index in [9.17, 15) is 0 Å². The van der Waals surface area contributed by atoms with E-state index >= 15 is 0 Å². The smallest absolute Gasteiger partial charge is 0.119 e. The standard InChI is InChI=1S/C11H15NOS/c1-14-11-4-2-9(3-5-11)13-10-6-7-12-8-10/h2-5,10,12H,6-8H2,1H3. The minimum atomic E-state index is 0.357. The van der Waals surface area contributed by atoms with Crippen molar-refractivity contribution in [2.45, 2.75) is 17.4 Å². The van der Waals surface area contributed by atoms with E-state index in [1.807, 2.05) is 12.1 Å². The number of thioether (sulfide) groups is 1. The monoisotopic (exact) mass is 209 g/mol. The van der Waals surface area contributed by atoms with Gasteiger partial charge in [0.15, 0.2) is 0 Å². The summed E-state index contributed by atoms with van der Waals surface area (Å²) in [7, 11) is 0. The van der Waals surface area contributed by atoms with E-state index in [-0.39, 0.29) is 0 Å². The highest BCUT2D eigenvalue weighted by Gasteiger charge is 2.15. The second-order valence-corrected chi connectivity index (χ2v) is 4.29. The molecule has 1 saturated heterocycles. The highest BCUT2D eigenvalue weighted by molar-refractivity contribution is 7.98. The summed E-state index contributed by atoms with van der Waals surface area (Å²) in [5.74, 6) is 0.983. The first-order valence-corrected chi connectivity index (χ1v) is 6.12. The molecule has 1 N–H and O–H groups in total. The van der Waals surface area contributed by atoms with Crippen LogP contribution in [0.2, 0.25) is 0 Å². The molecule has 14 heavy (non-hydrogen) atoms. The molecule has 0 aliphatic carbocycles. The average molecular weight is 209 g/mol. The lowest BCUT2D eigenvalue weighted by molar-refractivity contribution is 0.223. The van der Waals surface area contributed by atoms with Gasteiger partial charge in [0.2, 0.25) is 0 Å². The van der Waals surface area contributed by atoms with Crippen LogP contribution in [-0.2, 0) is 0 Å². The number of ether oxygens (including phenoxy) is 1. The highest BCUT2D eigenvalue weighted by atomic mass is 32.2. The maximum Gasteiger partial charge on any atom is 0.119 e. The molecule has 0 aromatic heterocycles. The van der Waals surface area contributed by atoms with Gasteiger partial charge in [-0.25, -0.2) is 0 Å². The number of benzene rings is 1. The Labute approximate surface area is 89.0 Å². The van der Waals surface area contributed by atoms with Crippen molar-refractivity contribution in [1.29, 1.82) is 0 Å². The molecule has 76 valence electrons. The van der Waals surface area contributed by atoms with E-state index in [2.05, 4.69) is 23.7 Å². The van der Waals surface area contributed by atoms with Gasteiger partial charge in [0.25, 0.3) is 0 Å². The fourth-order valence-electron chi connectivity index (χ4n) is 1.58. The molecule has 0 saturated carbocycles. The highest BCUT2D eigenvalue weighted by Crippen LogP contribution is 2.20. The molecule has 1 unspecified atom stereocenters. The van der Waals surface area contributed by atoms with Crippen LogP contribution in [0.15, 0.2) is 29.2 Å². The first-order valence-electron chi connectivity index (χ1n) is 4.90. The van der Waals surface area contributed by atoms with Gasteiger partial charge in [0, 0.05) is 11.4 Å². The van der Waals surface area contributed by atoms with Crippen LogP contribution in [0.5, 0.6) is 5.75 Å². The quantitative estimate of drug-likeness (QED) is 0.771. The zero-order chi connectivity index (χ0) is 9.80. The summed E-state index contributed by atoms with van der Waals surface area (Å²) >= 11 is 1.75. The van der Waals surface area contributed by atoms with Crippen molar-refractivity contribution in [2.75, 3.05) is 19.3 Å². The van der Waals surface area contributed by atoms with Gasteiger partial charge < -0.3 is 10.1 Å². The van der Waals surface area contributed by atoms with Crippen LogP contribution in [0.1, 0.15) is 6.42 Å². The molecule has 0 radical (unpaired) electrons. The van der Waals surface area contributed by atoms with Crippen LogP contribution in [0.4, 0.5) is 0 Å². The van der Waals surface area contributed by atoms with Crippen LogP contribution >= 0.6 is 11.8 Å². The molecule has 0 spiro atoms. The van der Waals surface area contributed by atoms with Gasteiger partial charge in [-0.2, -0.15) is 0 Å². The maximum absolute atomic E-state index is 5.80. The van der Waals surface area contributed by atoms with Crippen molar-refractivity contribution in [2.24, 2.45) is 0 Å². The third kappa shape index (κ3) is 2.42. The largest absolute Gasteiger partial charge is 0.489 e. The number of hydrogen-bond acceptors (Lipinski definition) is 3. The molecular weight excluding hydrogens is 194 g/mol. The van der Waals surface area contributed by atoms with Crippen LogP contribution in [-0.4, -0.2) is 25.4 Å². The van der Waals surface area contributed by atoms with Crippen molar-refractivity contribution >= 4 is 11.8 Å². The van der Waals surface area contributed by atoms with Crippen molar-refractivity contribution in [3.05, 3.63) is 24.3 Å². The predicted molar refractivity (Wildman–Crippen MR) is 60.1 cm³/mol. The zero-order valence-electron chi connectivity index (χ0n) is 8.32. The number of rotatable bonds is 3. The van der Waals surface area contributed by atoms with Crippen molar-refractivity contribution in [1.82, 2.24) is 5.32 Å². The SMILES string of the molecule is CSc1ccc(OC2CCNC2)cc1. The first-order chi connectivity index (χ1) is 6.88. The second kappa shape index (κ2) is 4.71. The Bertz CT molecular complexity index is 280. The van der Waals surface area contributed by atoms with Crippen LogP contribution in [0, 0.1) is 0 Å². The predicted octanol–water partition coefficient (Wildman–Crippen LogP) is 2.15. The van der Waals surface area contributed by atoms with E-state index in [1.165, 1.54) is 4.90 Å². The molecule has 1 fully saturated rings. The summed E-state index contributed by atoms with van der Waals surface area (Å²) in [6.07, 6.45) is 3.55. The van der Waals surface area contributed by atoms with Gasteiger partial charge in [-0.15, -0.1) is 11.8 Å². The third-order valence-electron chi connectivity index (χ3n) is 2.38. The second-order valence-electron chi connectivity index (χ2n) is 3.41. The molecule has 1 aliphatic heterocycles. The minimum absolute atomic E-state index is 0.357. The van der Waals surface area contributed by atoms with E-state index in [4.69, 9.17) is 4.74 Å². The summed E-state index contributed by atoms with van der Waals surface area (Å²) in [6.45, 7) is 2.05. The van der Waals surface area contributed by atoms with E-state index in [1.54, 1.807) is 11.8 Å². The van der Waals surface area contributed by atoms with E-state index in [0.29, 0.717) is 6.10 Å². The van der Waals surface area contributed by atoms with Crippen molar-refractivity contribution in [3.8, 4) is 5.75 Å². The van der Waals surface area contributed by atoms with Gasteiger partial charge in [0.1, 0.15) is 11.9 Å². The Hall–Kier alpha value is -0.670. The maximum atomic E-state index is 5.80. The Morgan fingerprint density at radius 2 is 2.14 bits per heavy atom. The van der Waals surface area contributed by atoms with Crippen LogP contribution in [0.3, 0.4) is 0 Å². The third-order valence-corrected chi connectivity index (χ3v) is 3.12. The molecule has 1 heterocycles. The Kier molecular flexibility index (Phi) is 3.32. The van der Waals surface area contributed by atoms with Gasteiger partial charge in [-0.05, 0) is 43.5 Å². The molecule has 2 nitrogen and oxygen atoms in total. The lowest BCUT2D eigenvalue weighted by Gasteiger charge is -2.12. The van der Waals surface area contributed by atoms with Gasteiger partial charge in [-0.1, -0.05) is 0 Å². The molecule has 1 aromatic rings. The first kappa shape index (κ1) is 9.87. The lowest BCUT2D eigenvalue weighted by atomic mass is 10.3. The average Bonchev–Trinajstić information content (AvgIpc) is 2.72. The fourth-order valence-corrected chi connectivity index (χ4v) is 1.98. The van der Waals surface area contributed by atoms with Gasteiger partial charge in [-0.3, -0.25) is 0 Å². The Morgan fingerprint density at radius 1 is 1.36 bits per heavy atom. The lowest BCUT2D eigenvalue weighted by Crippen LogP contribution is -2.19. The zero-order valence-corrected chi connectivity index (χ0v) is 9.14. The Balaban J connectivity index is 1.95. The molecule has 0 amide bonds. The minimum Gasteiger partial charge on any atom is -0.489 e. The topological polar surface area (TPSA) is 21.3 Å². The van der Waals surface area contributed by atoms with Crippen LogP contribution in [0.25, 0.3) is 0 Å². The number of nitrogens with one attached hydrogen (secondary N) is 1. The molecule has 1 atom stereocenters. The normalized spacial score (nSPS) is 21.1. The summed E-state index contributed by atoms with van der Waals surface area (Å²) in [6, 6.07) is 8.29. The number of hydrogen-bond donors (Lipinski definition) is 1. The fraction of sp³-hybridized carbons (Fsp3) is 0.455. The molecule has 1 aliphatic rings. The summed E-state index contributed by atoms with van der Waals surface area (Å²) in [5, 5.41) is 3.29. The molecule has 2 rings (SSSR count). The molecular formula is C11H15NOS. The Morgan fingerprint density at radius 3 is 2.71 bits per heavy atom. The van der Waals surface area contributed by atoms with E-state index in [0.717, 1.165) is 25.3 Å². The molecule has 0 bridgehead atoms. The van der Waals surface area contributed by atoms with Gasteiger partial charge in [0.05, 0.1) is 0 Å². The van der Waals surface area contributed by atoms with Gasteiger partial charge >= 0.3 is 0 Å².